The summed E-state index contributed by atoms with van der Waals surface area (Å²) in [6, 6.07) is 10.3. The van der Waals surface area contributed by atoms with Gasteiger partial charge in [-0.1, -0.05) is 18.2 Å². The number of benzene rings is 1. The number of ether oxygens (including phenoxy) is 2. The van der Waals surface area contributed by atoms with Crippen LogP contribution in [0.3, 0.4) is 0 Å². The van der Waals surface area contributed by atoms with Gasteiger partial charge in [-0.3, -0.25) is 4.98 Å². The average Bonchev–Trinajstić information content (AvgIpc) is 2.53. The fraction of sp³-hybridized carbons (Fsp3) is 0.312. The van der Waals surface area contributed by atoms with Crippen LogP contribution in [0.2, 0.25) is 0 Å². The molecule has 1 aromatic carbocycles. The third-order valence-electron chi connectivity index (χ3n) is 3.43. The summed E-state index contributed by atoms with van der Waals surface area (Å²) in [6.45, 7) is 4.10. The maximum atomic E-state index is 5.72. The molecule has 1 aliphatic rings. The second-order valence-corrected chi connectivity index (χ2v) is 4.83. The Kier molecular flexibility index (Phi) is 3.83. The van der Waals surface area contributed by atoms with Gasteiger partial charge in [0.15, 0.2) is 11.5 Å². The van der Waals surface area contributed by atoms with Crippen LogP contribution in [-0.2, 0) is 6.54 Å². The van der Waals surface area contributed by atoms with Gasteiger partial charge in [0, 0.05) is 30.5 Å². The number of fused-ring (bicyclic) bond motifs is 1. The Bertz CT molecular complexity index is 572. The van der Waals surface area contributed by atoms with Crippen molar-refractivity contribution in [3.63, 3.8) is 0 Å². The average molecular weight is 270 g/mol. The minimum atomic E-state index is 0.240. The summed E-state index contributed by atoms with van der Waals surface area (Å²) in [5, 5.41) is 3.49. The van der Waals surface area contributed by atoms with E-state index in [1.165, 1.54) is 5.56 Å². The summed E-state index contributed by atoms with van der Waals surface area (Å²) in [4.78, 5) is 4.15. The van der Waals surface area contributed by atoms with Crippen LogP contribution in [0.25, 0.3) is 0 Å². The molecule has 0 amide bonds. The summed E-state index contributed by atoms with van der Waals surface area (Å²) in [6.07, 6.45) is 3.67. The molecule has 1 atom stereocenters. The maximum Gasteiger partial charge on any atom is 0.165 e. The summed E-state index contributed by atoms with van der Waals surface area (Å²) in [5.41, 5.74) is 2.30. The highest BCUT2D eigenvalue weighted by molar-refractivity contribution is 5.47. The molecule has 0 saturated carbocycles. The molecule has 0 fully saturated rings. The second-order valence-electron chi connectivity index (χ2n) is 4.83. The quantitative estimate of drug-likeness (QED) is 0.927. The van der Waals surface area contributed by atoms with Crippen molar-refractivity contribution in [1.82, 2.24) is 10.3 Å². The van der Waals surface area contributed by atoms with Crippen LogP contribution in [-0.4, -0.2) is 18.2 Å². The van der Waals surface area contributed by atoms with Gasteiger partial charge in [-0.15, -0.1) is 0 Å². The molecule has 3 rings (SSSR count). The van der Waals surface area contributed by atoms with E-state index in [-0.39, 0.29) is 6.04 Å². The molecule has 4 nitrogen and oxygen atoms in total. The van der Waals surface area contributed by atoms with E-state index in [0.29, 0.717) is 13.2 Å². The highest BCUT2D eigenvalue weighted by atomic mass is 16.6. The van der Waals surface area contributed by atoms with Gasteiger partial charge in [0.05, 0.1) is 0 Å². The molecule has 1 unspecified atom stereocenters. The van der Waals surface area contributed by atoms with Crippen molar-refractivity contribution < 1.29 is 9.47 Å². The zero-order valence-corrected chi connectivity index (χ0v) is 11.5. The number of nitrogens with zero attached hydrogens (tertiary/aromatic N) is 1. The molecule has 0 bridgehead atoms. The SMILES string of the molecule is CC(NCc1cccc2c1OCCO2)c1cccnc1. The van der Waals surface area contributed by atoms with E-state index in [1.807, 2.05) is 24.4 Å². The highest BCUT2D eigenvalue weighted by Crippen LogP contribution is 2.33. The standard InChI is InChI=1S/C16H18N2O2/c1-12(13-5-3-7-17-10-13)18-11-14-4-2-6-15-16(14)20-9-8-19-15/h2-7,10,12,18H,8-9,11H2,1H3. The van der Waals surface area contributed by atoms with Gasteiger partial charge in [0.25, 0.3) is 0 Å². The first-order valence-electron chi connectivity index (χ1n) is 6.85. The number of pyridine rings is 1. The molecule has 104 valence electrons. The van der Waals surface area contributed by atoms with Crippen molar-refractivity contribution in [2.24, 2.45) is 0 Å². The fourth-order valence-corrected chi connectivity index (χ4v) is 2.29. The normalized spacial score (nSPS) is 14.8. The number of nitrogens with one attached hydrogen (secondary N) is 1. The molecule has 1 aromatic heterocycles. The van der Waals surface area contributed by atoms with Crippen molar-refractivity contribution in [3.05, 3.63) is 53.9 Å². The predicted molar refractivity (Wildman–Crippen MR) is 76.9 cm³/mol. The molecule has 0 radical (unpaired) electrons. The Morgan fingerprint density at radius 2 is 2.10 bits per heavy atom. The number of hydrogen-bond donors (Lipinski definition) is 1. The first kappa shape index (κ1) is 12.9. The van der Waals surface area contributed by atoms with Crippen LogP contribution < -0.4 is 14.8 Å². The number of aromatic nitrogens is 1. The molecular weight excluding hydrogens is 252 g/mol. The van der Waals surface area contributed by atoms with E-state index >= 15 is 0 Å². The summed E-state index contributed by atoms with van der Waals surface area (Å²) in [5.74, 6) is 1.70. The predicted octanol–water partition coefficient (Wildman–Crippen LogP) is 2.70. The van der Waals surface area contributed by atoms with E-state index in [9.17, 15) is 0 Å². The van der Waals surface area contributed by atoms with Gasteiger partial charge in [-0.05, 0) is 24.6 Å². The molecule has 2 aromatic rings. The fourth-order valence-electron chi connectivity index (χ4n) is 2.29. The molecule has 0 saturated heterocycles. The summed E-state index contributed by atoms with van der Waals surface area (Å²) >= 11 is 0. The lowest BCUT2D eigenvalue weighted by molar-refractivity contribution is 0.169. The Morgan fingerprint density at radius 1 is 1.20 bits per heavy atom. The van der Waals surface area contributed by atoms with Crippen LogP contribution in [0.5, 0.6) is 11.5 Å². The smallest absolute Gasteiger partial charge is 0.165 e. The van der Waals surface area contributed by atoms with Crippen LogP contribution in [0.15, 0.2) is 42.7 Å². The second kappa shape index (κ2) is 5.92. The van der Waals surface area contributed by atoms with Gasteiger partial charge in [0.1, 0.15) is 13.2 Å². The molecule has 0 aliphatic carbocycles. The minimum absolute atomic E-state index is 0.240. The number of rotatable bonds is 4. The van der Waals surface area contributed by atoms with Gasteiger partial charge < -0.3 is 14.8 Å². The van der Waals surface area contributed by atoms with Gasteiger partial charge in [0.2, 0.25) is 0 Å². The summed E-state index contributed by atoms with van der Waals surface area (Å²) < 4.78 is 11.3. The van der Waals surface area contributed by atoms with Crippen LogP contribution in [0.1, 0.15) is 24.1 Å². The first-order valence-corrected chi connectivity index (χ1v) is 6.85. The molecular formula is C16H18N2O2. The highest BCUT2D eigenvalue weighted by Gasteiger charge is 2.15. The van der Waals surface area contributed by atoms with E-state index in [2.05, 4.69) is 29.4 Å². The van der Waals surface area contributed by atoms with Crippen molar-refractivity contribution >= 4 is 0 Å². The van der Waals surface area contributed by atoms with Crippen LogP contribution in [0.4, 0.5) is 0 Å². The van der Waals surface area contributed by atoms with Gasteiger partial charge in [-0.2, -0.15) is 0 Å². The Balaban J connectivity index is 1.70. The minimum Gasteiger partial charge on any atom is -0.486 e. The Hall–Kier alpha value is -2.07. The topological polar surface area (TPSA) is 43.4 Å². The third-order valence-corrected chi connectivity index (χ3v) is 3.43. The lowest BCUT2D eigenvalue weighted by Crippen LogP contribution is -2.21. The lowest BCUT2D eigenvalue weighted by Gasteiger charge is -2.22. The summed E-state index contributed by atoms with van der Waals surface area (Å²) in [7, 11) is 0. The largest absolute Gasteiger partial charge is 0.486 e. The van der Waals surface area contributed by atoms with Crippen molar-refractivity contribution in [3.8, 4) is 11.5 Å². The van der Waals surface area contributed by atoms with Gasteiger partial charge >= 0.3 is 0 Å². The Labute approximate surface area is 118 Å². The molecule has 20 heavy (non-hydrogen) atoms. The molecule has 1 N–H and O–H groups in total. The van der Waals surface area contributed by atoms with Crippen molar-refractivity contribution in [1.29, 1.82) is 0 Å². The van der Waals surface area contributed by atoms with Crippen molar-refractivity contribution in [2.45, 2.75) is 19.5 Å². The van der Waals surface area contributed by atoms with E-state index in [1.54, 1.807) is 6.20 Å². The lowest BCUT2D eigenvalue weighted by atomic mass is 10.1. The number of hydrogen-bond acceptors (Lipinski definition) is 4. The number of para-hydroxylation sites is 1. The van der Waals surface area contributed by atoms with Crippen LogP contribution >= 0.6 is 0 Å². The zero-order valence-electron chi connectivity index (χ0n) is 11.5. The third kappa shape index (κ3) is 2.75. The van der Waals surface area contributed by atoms with Crippen LogP contribution in [0, 0.1) is 0 Å². The van der Waals surface area contributed by atoms with E-state index in [4.69, 9.17) is 9.47 Å². The molecule has 1 aliphatic heterocycles. The van der Waals surface area contributed by atoms with E-state index in [0.717, 1.165) is 23.6 Å². The van der Waals surface area contributed by atoms with E-state index < -0.39 is 0 Å². The molecule has 0 spiro atoms. The monoisotopic (exact) mass is 270 g/mol. The molecule has 4 heteroatoms. The zero-order chi connectivity index (χ0) is 13.8. The Morgan fingerprint density at radius 3 is 2.95 bits per heavy atom. The first-order chi connectivity index (χ1) is 9.84. The van der Waals surface area contributed by atoms with Gasteiger partial charge in [-0.25, -0.2) is 0 Å². The maximum absolute atomic E-state index is 5.72. The van der Waals surface area contributed by atoms with Crippen molar-refractivity contribution in [2.75, 3.05) is 13.2 Å². The molecule has 2 heterocycles.